The second-order valence-electron chi connectivity index (χ2n) is 2.58. The molecule has 0 aliphatic carbocycles. The molecule has 0 unspecified atom stereocenters. The summed E-state index contributed by atoms with van der Waals surface area (Å²) in [5.74, 6) is -1.98. The molecule has 0 aliphatic heterocycles. The lowest BCUT2D eigenvalue weighted by atomic mass is 10.2. The van der Waals surface area contributed by atoms with E-state index in [9.17, 15) is 15.0 Å². The van der Waals surface area contributed by atoms with Crippen LogP contribution in [0.2, 0.25) is 0 Å². The van der Waals surface area contributed by atoms with Gasteiger partial charge in [0, 0.05) is 12.1 Å². The first-order valence-electron chi connectivity index (χ1n) is 3.98. The summed E-state index contributed by atoms with van der Waals surface area (Å²) in [6.07, 6.45) is 0. The summed E-state index contributed by atoms with van der Waals surface area (Å²) in [5, 5.41) is 27.1. The summed E-state index contributed by atoms with van der Waals surface area (Å²) < 4.78 is 4.95. The van der Waals surface area contributed by atoms with Crippen LogP contribution < -0.4 is 4.74 Å². The third-order valence-electron chi connectivity index (χ3n) is 1.61. The molecule has 14 heavy (non-hydrogen) atoms. The SMILES string of the molecule is CCOc1cc(O)c(C(=O)O)cc1O. The van der Waals surface area contributed by atoms with Crippen LogP contribution in [0.15, 0.2) is 12.1 Å². The molecule has 0 aromatic heterocycles. The van der Waals surface area contributed by atoms with Crippen molar-refractivity contribution in [2.75, 3.05) is 6.61 Å². The molecule has 1 aromatic rings. The van der Waals surface area contributed by atoms with Gasteiger partial charge in [0.25, 0.3) is 0 Å². The van der Waals surface area contributed by atoms with Gasteiger partial charge in [-0.3, -0.25) is 0 Å². The number of ether oxygens (including phenoxy) is 1. The molecule has 3 N–H and O–H groups in total. The van der Waals surface area contributed by atoms with E-state index in [1.165, 1.54) is 0 Å². The minimum absolute atomic E-state index is 0.0648. The van der Waals surface area contributed by atoms with E-state index in [1.54, 1.807) is 6.92 Å². The van der Waals surface area contributed by atoms with Crippen LogP contribution in [0.5, 0.6) is 17.2 Å². The number of phenols is 2. The normalized spacial score (nSPS) is 9.79. The van der Waals surface area contributed by atoms with Crippen LogP contribution in [0.3, 0.4) is 0 Å². The topological polar surface area (TPSA) is 87.0 Å². The zero-order valence-corrected chi connectivity index (χ0v) is 7.52. The molecule has 0 bridgehead atoms. The zero-order chi connectivity index (χ0) is 10.7. The number of benzene rings is 1. The highest BCUT2D eigenvalue weighted by atomic mass is 16.5. The lowest BCUT2D eigenvalue weighted by molar-refractivity contribution is 0.0693. The third kappa shape index (κ3) is 1.87. The predicted molar refractivity (Wildman–Crippen MR) is 47.9 cm³/mol. The number of aromatic carboxylic acids is 1. The number of carboxylic acids is 1. The minimum atomic E-state index is -1.30. The van der Waals surface area contributed by atoms with Gasteiger partial charge in [-0.2, -0.15) is 0 Å². The number of hydrogen-bond donors (Lipinski definition) is 3. The minimum Gasteiger partial charge on any atom is -0.507 e. The highest BCUT2D eigenvalue weighted by Gasteiger charge is 2.14. The van der Waals surface area contributed by atoms with Crippen molar-refractivity contribution in [2.45, 2.75) is 6.92 Å². The maximum absolute atomic E-state index is 10.5. The molecule has 0 aliphatic rings. The van der Waals surface area contributed by atoms with Crippen LogP contribution in [-0.4, -0.2) is 27.9 Å². The Morgan fingerprint density at radius 2 is 2.00 bits per heavy atom. The summed E-state index contributed by atoms with van der Waals surface area (Å²) in [5.41, 5.74) is -0.356. The van der Waals surface area contributed by atoms with E-state index in [-0.39, 0.29) is 17.1 Å². The van der Waals surface area contributed by atoms with E-state index in [0.717, 1.165) is 12.1 Å². The molecular formula is C9H10O5. The zero-order valence-electron chi connectivity index (χ0n) is 7.52. The van der Waals surface area contributed by atoms with E-state index in [4.69, 9.17) is 9.84 Å². The fraction of sp³-hybridized carbons (Fsp3) is 0.222. The molecule has 1 rings (SSSR count). The fourth-order valence-electron chi connectivity index (χ4n) is 1.00. The summed E-state index contributed by atoms with van der Waals surface area (Å²) in [6, 6.07) is 2.02. The maximum Gasteiger partial charge on any atom is 0.339 e. The number of carbonyl (C=O) groups is 1. The Balaban J connectivity index is 3.17. The van der Waals surface area contributed by atoms with Gasteiger partial charge in [0.1, 0.15) is 11.3 Å². The monoisotopic (exact) mass is 198 g/mol. The van der Waals surface area contributed by atoms with Crippen LogP contribution in [0.4, 0.5) is 0 Å². The Morgan fingerprint density at radius 1 is 1.36 bits per heavy atom. The molecule has 0 saturated carbocycles. The van der Waals surface area contributed by atoms with E-state index in [0.29, 0.717) is 6.61 Å². The number of hydrogen-bond acceptors (Lipinski definition) is 4. The van der Waals surface area contributed by atoms with Gasteiger partial charge >= 0.3 is 5.97 Å². The number of aromatic hydroxyl groups is 2. The second-order valence-corrected chi connectivity index (χ2v) is 2.58. The Kier molecular flexibility index (Phi) is 2.81. The quantitative estimate of drug-likeness (QED) is 0.635. The lowest BCUT2D eigenvalue weighted by Gasteiger charge is -2.07. The summed E-state index contributed by atoms with van der Waals surface area (Å²) in [7, 11) is 0. The Labute approximate surface area is 80.2 Å². The van der Waals surface area contributed by atoms with Crippen molar-refractivity contribution >= 4 is 5.97 Å². The molecule has 0 atom stereocenters. The van der Waals surface area contributed by atoms with Gasteiger partial charge in [-0.25, -0.2) is 4.79 Å². The molecule has 5 heteroatoms. The Morgan fingerprint density at radius 3 is 2.50 bits per heavy atom. The highest BCUT2D eigenvalue weighted by Crippen LogP contribution is 2.33. The highest BCUT2D eigenvalue weighted by molar-refractivity contribution is 5.91. The van der Waals surface area contributed by atoms with E-state index in [1.807, 2.05) is 0 Å². The van der Waals surface area contributed by atoms with Crippen molar-refractivity contribution in [2.24, 2.45) is 0 Å². The average molecular weight is 198 g/mol. The molecular weight excluding hydrogens is 188 g/mol. The molecule has 76 valence electrons. The van der Waals surface area contributed by atoms with E-state index >= 15 is 0 Å². The molecule has 0 heterocycles. The molecule has 1 aromatic carbocycles. The van der Waals surface area contributed by atoms with Crippen molar-refractivity contribution in [3.63, 3.8) is 0 Å². The largest absolute Gasteiger partial charge is 0.507 e. The first-order valence-corrected chi connectivity index (χ1v) is 3.98. The van der Waals surface area contributed by atoms with Crippen LogP contribution in [0, 0.1) is 0 Å². The summed E-state index contributed by atoms with van der Waals surface area (Å²) in [4.78, 5) is 10.5. The van der Waals surface area contributed by atoms with Crippen molar-refractivity contribution < 1.29 is 24.9 Å². The molecule has 5 nitrogen and oxygen atoms in total. The van der Waals surface area contributed by atoms with Gasteiger partial charge in [-0.05, 0) is 6.92 Å². The molecule has 0 saturated heterocycles. The van der Waals surface area contributed by atoms with Gasteiger partial charge in [0.15, 0.2) is 11.5 Å². The van der Waals surface area contributed by atoms with Crippen molar-refractivity contribution in [1.29, 1.82) is 0 Å². The summed E-state index contributed by atoms with van der Waals surface area (Å²) >= 11 is 0. The first-order chi connectivity index (χ1) is 6.56. The van der Waals surface area contributed by atoms with Crippen LogP contribution in [0.25, 0.3) is 0 Å². The first kappa shape index (κ1) is 10.2. The van der Waals surface area contributed by atoms with Crippen molar-refractivity contribution in [3.8, 4) is 17.2 Å². The molecule has 0 radical (unpaired) electrons. The third-order valence-corrected chi connectivity index (χ3v) is 1.61. The summed E-state index contributed by atoms with van der Waals surface area (Å²) in [6.45, 7) is 2.03. The average Bonchev–Trinajstić information content (AvgIpc) is 2.10. The maximum atomic E-state index is 10.5. The smallest absolute Gasteiger partial charge is 0.339 e. The van der Waals surface area contributed by atoms with Crippen molar-refractivity contribution in [1.82, 2.24) is 0 Å². The van der Waals surface area contributed by atoms with Gasteiger partial charge in [-0.15, -0.1) is 0 Å². The van der Waals surface area contributed by atoms with Gasteiger partial charge in [0.2, 0.25) is 0 Å². The number of rotatable bonds is 3. The van der Waals surface area contributed by atoms with E-state index < -0.39 is 11.7 Å². The standard InChI is InChI=1S/C9H10O5/c1-2-14-8-4-6(10)5(9(12)13)3-7(8)11/h3-4,10-11H,2H2,1H3,(H,12,13). The molecule has 0 spiro atoms. The van der Waals surface area contributed by atoms with Crippen LogP contribution >= 0.6 is 0 Å². The Bertz CT molecular complexity index is 358. The number of phenolic OH excluding ortho intramolecular Hbond substituents is 1. The van der Waals surface area contributed by atoms with Crippen LogP contribution in [0.1, 0.15) is 17.3 Å². The van der Waals surface area contributed by atoms with Crippen molar-refractivity contribution in [3.05, 3.63) is 17.7 Å². The van der Waals surface area contributed by atoms with Crippen LogP contribution in [-0.2, 0) is 0 Å². The van der Waals surface area contributed by atoms with Gasteiger partial charge < -0.3 is 20.1 Å². The number of carboxylic acid groups (broad SMARTS) is 1. The van der Waals surface area contributed by atoms with Gasteiger partial charge in [0.05, 0.1) is 6.61 Å². The predicted octanol–water partition coefficient (Wildman–Crippen LogP) is 1.19. The lowest BCUT2D eigenvalue weighted by Crippen LogP contribution is -1.98. The van der Waals surface area contributed by atoms with E-state index in [2.05, 4.69) is 0 Å². The van der Waals surface area contributed by atoms with Gasteiger partial charge in [-0.1, -0.05) is 0 Å². The fourth-order valence-corrected chi connectivity index (χ4v) is 1.00. The second kappa shape index (κ2) is 3.87. The molecule has 0 amide bonds. The Hall–Kier alpha value is -1.91. The molecule has 0 fully saturated rings.